The van der Waals surface area contributed by atoms with Gasteiger partial charge in [0.15, 0.2) is 6.61 Å². The van der Waals surface area contributed by atoms with Crippen LogP contribution in [0.2, 0.25) is 0 Å². The third-order valence-corrected chi connectivity index (χ3v) is 2.42. The highest BCUT2D eigenvalue weighted by Crippen LogP contribution is 2.22. The lowest BCUT2D eigenvalue weighted by atomic mass is 9.94. The van der Waals surface area contributed by atoms with E-state index in [4.69, 9.17) is 10.00 Å². The van der Waals surface area contributed by atoms with Gasteiger partial charge in [-0.3, -0.25) is 0 Å². The van der Waals surface area contributed by atoms with E-state index in [9.17, 15) is 0 Å². The van der Waals surface area contributed by atoms with Crippen LogP contribution in [-0.2, 0) is 4.74 Å². The van der Waals surface area contributed by atoms with E-state index in [2.05, 4.69) is 26.0 Å². The number of hydrogen-bond donors (Lipinski definition) is 0. The van der Waals surface area contributed by atoms with Gasteiger partial charge in [0.2, 0.25) is 0 Å². The largest absolute Gasteiger partial charge is 0.479 e. The molecule has 0 fully saturated rings. The van der Waals surface area contributed by atoms with Gasteiger partial charge in [-0.2, -0.15) is 5.26 Å². The molecule has 0 saturated heterocycles. The molecule has 0 bridgehead atoms. The summed E-state index contributed by atoms with van der Waals surface area (Å²) in [5.74, 6) is 2.00. The van der Waals surface area contributed by atoms with Gasteiger partial charge in [0.05, 0.1) is 0 Å². The number of rotatable bonds is 2. The zero-order chi connectivity index (χ0) is 9.68. The van der Waals surface area contributed by atoms with Gasteiger partial charge in [0.25, 0.3) is 0 Å². The molecule has 0 aromatic heterocycles. The average Bonchev–Trinajstić information content (AvgIpc) is 2.26. The van der Waals surface area contributed by atoms with Crippen LogP contribution in [0.1, 0.15) is 20.3 Å². The SMILES string of the molecule is CC1C=C(OCC#N)C=CCC1C. The fourth-order valence-corrected chi connectivity index (χ4v) is 1.30. The molecular formula is C11H15NO. The van der Waals surface area contributed by atoms with Crippen molar-refractivity contribution in [3.05, 3.63) is 24.0 Å². The Hall–Kier alpha value is -1.23. The Morgan fingerprint density at radius 3 is 3.08 bits per heavy atom. The predicted octanol–water partition coefficient (Wildman–Crippen LogP) is 2.64. The summed E-state index contributed by atoms with van der Waals surface area (Å²) in [6, 6.07) is 1.96. The molecule has 0 heterocycles. The van der Waals surface area contributed by atoms with Crippen molar-refractivity contribution in [2.24, 2.45) is 11.8 Å². The Labute approximate surface area is 79.5 Å². The molecule has 2 unspecified atom stereocenters. The topological polar surface area (TPSA) is 33.0 Å². The maximum atomic E-state index is 8.36. The molecular weight excluding hydrogens is 162 g/mol. The minimum Gasteiger partial charge on any atom is -0.479 e. The molecule has 0 aliphatic heterocycles. The molecule has 0 aromatic carbocycles. The molecule has 0 spiro atoms. The second kappa shape index (κ2) is 4.71. The Morgan fingerprint density at radius 1 is 1.62 bits per heavy atom. The zero-order valence-corrected chi connectivity index (χ0v) is 8.16. The normalized spacial score (nSPS) is 27.3. The van der Waals surface area contributed by atoms with Gasteiger partial charge in [-0.1, -0.05) is 19.9 Å². The van der Waals surface area contributed by atoms with Crippen molar-refractivity contribution < 1.29 is 4.74 Å². The van der Waals surface area contributed by atoms with Gasteiger partial charge in [0, 0.05) is 0 Å². The van der Waals surface area contributed by atoms with E-state index in [1.54, 1.807) is 0 Å². The summed E-state index contributed by atoms with van der Waals surface area (Å²) in [5, 5.41) is 8.36. The quantitative estimate of drug-likeness (QED) is 0.649. The second-order valence-electron chi connectivity index (χ2n) is 3.49. The molecule has 1 aliphatic carbocycles. The number of allylic oxidation sites excluding steroid dienone is 3. The smallest absolute Gasteiger partial charge is 0.174 e. The van der Waals surface area contributed by atoms with Crippen LogP contribution < -0.4 is 0 Å². The fourth-order valence-electron chi connectivity index (χ4n) is 1.30. The molecule has 0 saturated carbocycles. The van der Waals surface area contributed by atoms with Crippen molar-refractivity contribution in [3.8, 4) is 6.07 Å². The molecule has 0 N–H and O–H groups in total. The van der Waals surface area contributed by atoms with E-state index < -0.39 is 0 Å². The molecule has 13 heavy (non-hydrogen) atoms. The predicted molar refractivity (Wildman–Crippen MR) is 51.7 cm³/mol. The maximum absolute atomic E-state index is 8.36. The minimum atomic E-state index is 0.136. The monoisotopic (exact) mass is 177 g/mol. The van der Waals surface area contributed by atoms with Crippen LogP contribution in [0.25, 0.3) is 0 Å². The Bertz CT molecular complexity index is 260. The van der Waals surface area contributed by atoms with E-state index in [1.807, 2.05) is 12.1 Å². The highest BCUT2D eigenvalue weighted by Gasteiger charge is 2.12. The molecule has 2 heteroatoms. The van der Waals surface area contributed by atoms with Crippen LogP contribution in [0.3, 0.4) is 0 Å². The van der Waals surface area contributed by atoms with Crippen molar-refractivity contribution in [2.75, 3.05) is 6.61 Å². The van der Waals surface area contributed by atoms with Crippen LogP contribution in [0.4, 0.5) is 0 Å². The minimum absolute atomic E-state index is 0.136. The standard InChI is InChI=1S/C11H15NO/c1-9-4-3-5-11(8-10(9)2)13-7-6-12/h3,5,8-10H,4,7H2,1-2H3. The summed E-state index contributed by atoms with van der Waals surface area (Å²) in [6.07, 6.45) is 7.23. The lowest BCUT2D eigenvalue weighted by molar-refractivity contribution is 0.262. The van der Waals surface area contributed by atoms with Crippen molar-refractivity contribution >= 4 is 0 Å². The Balaban J connectivity index is 2.61. The molecule has 0 aromatic rings. The van der Waals surface area contributed by atoms with E-state index in [0.717, 1.165) is 12.2 Å². The molecule has 0 amide bonds. The highest BCUT2D eigenvalue weighted by atomic mass is 16.5. The molecule has 1 aliphatic rings. The van der Waals surface area contributed by atoms with Crippen LogP contribution in [0, 0.1) is 23.2 Å². The Morgan fingerprint density at radius 2 is 2.38 bits per heavy atom. The third-order valence-electron chi connectivity index (χ3n) is 2.42. The third kappa shape index (κ3) is 2.95. The van der Waals surface area contributed by atoms with Crippen LogP contribution in [0.5, 0.6) is 0 Å². The van der Waals surface area contributed by atoms with E-state index in [1.165, 1.54) is 0 Å². The summed E-state index contributed by atoms with van der Waals surface area (Å²) in [4.78, 5) is 0. The van der Waals surface area contributed by atoms with E-state index in [0.29, 0.717) is 11.8 Å². The number of nitriles is 1. The maximum Gasteiger partial charge on any atom is 0.174 e. The van der Waals surface area contributed by atoms with Crippen molar-refractivity contribution in [3.63, 3.8) is 0 Å². The number of hydrogen-bond acceptors (Lipinski definition) is 2. The lowest BCUT2D eigenvalue weighted by Crippen LogP contribution is -2.03. The van der Waals surface area contributed by atoms with Crippen LogP contribution in [0.15, 0.2) is 24.0 Å². The molecule has 2 atom stereocenters. The summed E-state index contributed by atoms with van der Waals surface area (Å²) in [5.41, 5.74) is 0. The summed E-state index contributed by atoms with van der Waals surface area (Å²) >= 11 is 0. The number of nitrogens with zero attached hydrogens (tertiary/aromatic N) is 1. The number of ether oxygens (including phenoxy) is 1. The van der Waals surface area contributed by atoms with Gasteiger partial charge in [-0.05, 0) is 30.4 Å². The fraction of sp³-hybridized carbons (Fsp3) is 0.545. The first-order valence-electron chi connectivity index (χ1n) is 4.62. The first-order chi connectivity index (χ1) is 6.24. The first-order valence-corrected chi connectivity index (χ1v) is 4.62. The van der Waals surface area contributed by atoms with Crippen molar-refractivity contribution in [1.29, 1.82) is 5.26 Å². The van der Waals surface area contributed by atoms with Crippen molar-refractivity contribution in [1.82, 2.24) is 0 Å². The lowest BCUT2D eigenvalue weighted by Gasteiger charge is -2.12. The van der Waals surface area contributed by atoms with Gasteiger partial charge >= 0.3 is 0 Å². The molecule has 70 valence electrons. The van der Waals surface area contributed by atoms with E-state index >= 15 is 0 Å². The van der Waals surface area contributed by atoms with Gasteiger partial charge < -0.3 is 4.74 Å². The molecule has 0 radical (unpaired) electrons. The summed E-state index contributed by atoms with van der Waals surface area (Å²) in [6.45, 7) is 4.53. The Kier molecular flexibility index (Phi) is 3.57. The highest BCUT2D eigenvalue weighted by molar-refractivity contribution is 5.16. The van der Waals surface area contributed by atoms with Gasteiger partial charge in [-0.25, -0.2) is 0 Å². The summed E-state index contributed by atoms with van der Waals surface area (Å²) in [7, 11) is 0. The first kappa shape index (κ1) is 9.85. The average molecular weight is 177 g/mol. The van der Waals surface area contributed by atoms with E-state index in [-0.39, 0.29) is 6.61 Å². The second-order valence-corrected chi connectivity index (χ2v) is 3.49. The molecule has 2 nitrogen and oxygen atoms in total. The van der Waals surface area contributed by atoms with Crippen LogP contribution >= 0.6 is 0 Å². The van der Waals surface area contributed by atoms with Gasteiger partial charge in [0.1, 0.15) is 11.8 Å². The van der Waals surface area contributed by atoms with Crippen molar-refractivity contribution in [2.45, 2.75) is 20.3 Å². The molecule has 1 rings (SSSR count). The van der Waals surface area contributed by atoms with Gasteiger partial charge in [-0.15, -0.1) is 0 Å². The zero-order valence-electron chi connectivity index (χ0n) is 8.16. The summed E-state index contributed by atoms with van der Waals surface area (Å²) < 4.78 is 5.24. The van der Waals surface area contributed by atoms with Crippen LogP contribution in [-0.4, -0.2) is 6.61 Å².